The van der Waals surface area contributed by atoms with E-state index in [0.29, 0.717) is 19.3 Å². The van der Waals surface area contributed by atoms with E-state index in [2.05, 4.69) is 12.2 Å². The van der Waals surface area contributed by atoms with Crippen molar-refractivity contribution in [2.45, 2.75) is 63.9 Å². The van der Waals surface area contributed by atoms with Crippen molar-refractivity contribution in [3.8, 4) is 0 Å². The van der Waals surface area contributed by atoms with E-state index in [0.717, 1.165) is 32.1 Å². The van der Waals surface area contributed by atoms with E-state index in [1.54, 1.807) is 12.2 Å². The molecule has 0 amide bonds. The van der Waals surface area contributed by atoms with Crippen LogP contribution in [0.15, 0.2) is 48.6 Å². The lowest BCUT2D eigenvalue weighted by atomic mass is 10.1. The summed E-state index contributed by atoms with van der Waals surface area (Å²) in [7, 11) is 0. The molecule has 136 valence electrons. The van der Waals surface area contributed by atoms with Crippen molar-refractivity contribution in [2.24, 2.45) is 0 Å². The van der Waals surface area contributed by atoms with E-state index < -0.39 is 12.1 Å². The molecule has 3 nitrogen and oxygen atoms in total. The highest BCUT2D eigenvalue weighted by Gasteiger charge is 1.94. The number of hydrogen-bond acceptors (Lipinski definition) is 2. The second-order valence-corrected chi connectivity index (χ2v) is 5.62. The van der Waals surface area contributed by atoms with Gasteiger partial charge in [-0.1, -0.05) is 55.0 Å². The Bertz CT molecular complexity index is 411. The van der Waals surface area contributed by atoms with E-state index in [1.165, 1.54) is 0 Å². The molecule has 0 aliphatic heterocycles. The van der Waals surface area contributed by atoms with Crippen molar-refractivity contribution in [1.29, 1.82) is 0 Å². The molecule has 4 heteroatoms. The summed E-state index contributed by atoms with van der Waals surface area (Å²) < 4.78 is 11.9. The predicted molar refractivity (Wildman–Crippen MR) is 97.7 cm³/mol. The van der Waals surface area contributed by atoms with Gasteiger partial charge in [0, 0.05) is 6.42 Å². The van der Waals surface area contributed by atoms with Gasteiger partial charge < -0.3 is 10.2 Å². The average molecular weight is 338 g/mol. The number of allylic oxidation sites excluding steroid dienone is 6. The fourth-order valence-corrected chi connectivity index (χ4v) is 1.97. The Morgan fingerprint density at radius 1 is 0.917 bits per heavy atom. The van der Waals surface area contributed by atoms with Gasteiger partial charge in [-0.05, 0) is 44.9 Å². The van der Waals surface area contributed by atoms with E-state index in [-0.39, 0.29) is 13.1 Å². The first-order valence-electron chi connectivity index (χ1n) is 8.76. The van der Waals surface area contributed by atoms with Crippen LogP contribution in [0.3, 0.4) is 0 Å². The number of alkyl halides is 1. The molecule has 24 heavy (non-hydrogen) atoms. The fraction of sp³-hybridized carbons (Fsp3) is 0.550. The smallest absolute Gasteiger partial charge is 0.303 e. The van der Waals surface area contributed by atoms with E-state index in [9.17, 15) is 14.3 Å². The number of aliphatic hydroxyl groups is 1. The molecular formula is C20H31FO3. The van der Waals surface area contributed by atoms with E-state index >= 15 is 0 Å². The first-order valence-corrected chi connectivity index (χ1v) is 8.76. The van der Waals surface area contributed by atoms with Crippen molar-refractivity contribution < 1.29 is 19.4 Å². The fourth-order valence-electron chi connectivity index (χ4n) is 1.97. The number of halogens is 1. The number of aliphatic carboxylic acids is 1. The number of hydrogen-bond donors (Lipinski definition) is 2. The minimum absolute atomic E-state index is 0.188. The summed E-state index contributed by atoms with van der Waals surface area (Å²) in [5.74, 6) is -0.771. The zero-order valence-corrected chi connectivity index (χ0v) is 14.4. The Balaban J connectivity index is 3.60. The SMILES string of the molecule is O=C(O)CCC/C=C/C=C/[C@@H](O)C/C=C/C/C=C/CCCCCF. The molecule has 2 N–H and O–H groups in total. The van der Waals surface area contributed by atoms with Gasteiger partial charge in [0.25, 0.3) is 0 Å². The van der Waals surface area contributed by atoms with Gasteiger partial charge in [-0.15, -0.1) is 0 Å². The summed E-state index contributed by atoms with van der Waals surface area (Å²) in [6.07, 6.45) is 21.6. The molecule has 0 aromatic rings. The van der Waals surface area contributed by atoms with Crippen molar-refractivity contribution >= 4 is 5.97 Å². The number of aliphatic hydroxyl groups excluding tert-OH is 1. The standard InChI is InChI=1S/C20H31FO3/c21-18-14-10-5-3-1-2-4-7-11-15-19(22)16-12-8-6-9-13-17-20(23)24/h1-2,6-8,11-12,16,19,22H,3-5,9-10,13-15,17-18H2,(H,23,24)/b2-1+,8-6+,11-7+,16-12+/t19-/m0/s1. The Labute approximate surface area is 145 Å². The molecular weight excluding hydrogens is 307 g/mol. The monoisotopic (exact) mass is 338 g/mol. The third kappa shape index (κ3) is 18.4. The van der Waals surface area contributed by atoms with Gasteiger partial charge in [-0.25, -0.2) is 0 Å². The molecule has 0 unspecified atom stereocenters. The van der Waals surface area contributed by atoms with Crippen molar-refractivity contribution in [3.63, 3.8) is 0 Å². The first-order chi connectivity index (χ1) is 11.7. The van der Waals surface area contributed by atoms with Crippen LogP contribution in [0.2, 0.25) is 0 Å². The van der Waals surface area contributed by atoms with Gasteiger partial charge in [0.05, 0.1) is 12.8 Å². The van der Waals surface area contributed by atoms with E-state index in [4.69, 9.17) is 5.11 Å². The predicted octanol–water partition coefficient (Wildman–Crippen LogP) is 5.14. The van der Waals surface area contributed by atoms with Gasteiger partial charge in [-0.2, -0.15) is 0 Å². The largest absolute Gasteiger partial charge is 0.481 e. The lowest BCUT2D eigenvalue weighted by Crippen LogP contribution is -1.98. The van der Waals surface area contributed by atoms with Crippen LogP contribution in [-0.2, 0) is 4.79 Å². The maximum absolute atomic E-state index is 11.9. The second kappa shape index (κ2) is 17.7. The number of carboxylic acid groups (broad SMARTS) is 1. The highest BCUT2D eigenvalue weighted by Crippen LogP contribution is 2.02. The summed E-state index contributed by atoms with van der Waals surface area (Å²) in [5, 5.41) is 18.2. The average Bonchev–Trinajstić information content (AvgIpc) is 2.55. The number of carboxylic acids is 1. The quantitative estimate of drug-likeness (QED) is 0.247. The summed E-state index contributed by atoms with van der Waals surface area (Å²) in [5.41, 5.74) is 0. The van der Waals surface area contributed by atoms with Crippen molar-refractivity contribution in [3.05, 3.63) is 48.6 Å². The molecule has 0 aromatic carbocycles. The molecule has 0 rings (SSSR count). The molecule has 0 aliphatic rings. The third-order valence-corrected chi connectivity index (χ3v) is 3.33. The summed E-state index contributed by atoms with van der Waals surface area (Å²) in [6, 6.07) is 0. The van der Waals surface area contributed by atoms with Crippen molar-refractivity contribution in [1.82, 2.24) is 0 Å². The van der Waals surface area contributed by atoms with Gasteiger partial charge in [0.1, 0.15) is 0 Å². The Morgan fingerprint density at radius 2 is 1.67 bits per heavy atom. The van der Waals surface area contributed by atoms with Gasteiger partial charge in [0.2, 0.25) is 0 Å². The maximum Gasteiger partial charge on any atom is 0.303 e. The molecule has 0 heterocycles. The van der Waals surface area contributed by atoms with Crippen LogP contribution in [0.5, 0.6) is 0 Å². The van der Waals surface area contributed by atoms with Crippen LogP contribution in [0, 0.1) is 0 Å². The number of carbonyl (C=O) groups is 1. The number of unbranched alkanes of at least 4 members (excludes halogenated alkanes) is 4. The zero-order chi connectivity index (χ0) is 17.9. The van der Waals surface area contributed by atoms with Crippen LogP contribution in [0.4, 0.5) is 4.39 Å². The first kappa shape index (κ1) is 22.3. The van der Waals surface area contributed by atoms with Crippen molar-refractivity contribution in [2.75, 3.05) is 6.67 Å². The van der Waals surface area contributed by atoms with Crippen LogP contribution < -0.4 is 0 Å². The molecule has 0 saturated heterocycles. The Morgan fingerprint density at radius 3 is 2.42 bits per heavy atom. The highest BCUT2D eigenvalue weighted by molar-refractivity contribution is 5.66. The topological polar surface area (TPSA) is 57.5 Å². The molecule has 0 aliphatic carbocycles. The lowest BCUT2D eigenvalue weighted by Gasteiger charge is -1.98. The minimum atomic E-state index is -0.771. The minimum Gasteiger partial charge on any atom is -0.481 e. The van der Waals surface area contributed by atoms with Crippen LogP contribution in [0.25, 0.3) is 0 Å². The summed E-state index contributed by atoms with van der Waals surface area (Å²) in [6.45, 7) is -0.219. The Hall–Kier alpha value is -1.68. The molecule has 1 atom stereocenters. The molecule has 0 spiro atoms. The normalized spacial score (nSPS) is 13.8. The van der Waals surface area contributed by atoms with Crippen LogP contribution in [-0.4, -0.2) is 29.0 Å². The number of rotatable bonds is 15. The molecule has 0 fully saturated rings. The molecule has 0 aromatic heterocycles. The van der Waals surface area contributed by atoms with Gasteiger partial charge in [0.15, 0.2) is 0 Å². The highest BCUT2D eigenvalue weighted by atomic mass is 19.1. The molecule has 0 radical (unpaired) electrons. The Kier molecular flexibility index (Phi) is 16.4. The third-order valence-electron chi connectivity index (χ3n) is 3.33. The summed E-state index contributed by atoms with van der Waals surface area (Å²) in [4.78, 5) is 10.3. The lowest BCUT2D eigenvalue weighted by molar-refractivity contribution is -0.137. The summed E-state index contributed by atoms with van der Waals surface area (Å²) >= 11 is 0. The van der Waals surface area contributed by atoms with Crippen LogP contribution >= 0.6 is 0 Å². The van der Waals surface area contributed by atoms with Gasteiger partial charge in [-0.3, -0.25) is 9.18 Å². The zero-order valence-electron chi connectivity index (χ0n) is 14.4. The second-order valence-electron chi connectivity index (χ2n) is 5.62. The molecule has 0 saturated carbocycles. The maximum atomic E-state index is 11.9. The molecule has 0 bridgehead atoms. The van der Waals surface area contributed by atoms with E-state index in [1.807, 2.05) is 24.3 Å². The van der Waals surface area contributed by atoms with Crippen LogP contribution in [0.1, 0.15) is 57.8 Å². The van der Waals surface area contributed by atoms with Gasteiger partial charge >= 0.3 is 5.97 Å².